The van der Waals surface area contributed by atoms with Gasteiger partial charge in [-0.1, -0.05) is 48.5 Å². The first-order valence-corrected chi connectivity index (χ1v) is 6.37. The van der Waals surface area contributed by atoms with Crippen LogP contribution in [0.25, 0.3) is 0 Å². The third-order valence-electron chi connectivity index (χ3n) is 2.84. The van der Waals surface area contributed by atoms with Crippen molar-refractivity contribution in [2.75, 3.05) is 0 Å². The van der Waals surface area contributed by atoms with E-state index in [2.05, 4.69) is 12.1 Å². The molecule has 0 unspecified atom stereocenters. The van der Waals surface area contributed by atoms with Crippen LogP contribution in [0.4, 0.5) is 0 Å². The van der Waals surface area contributed by atoms with E-state index in [4.69, 9.17) is 0 Å². The van der Waals surface area contributed by atoms with Gasteiger partial charge in [-0.05, 0) is 11.6 Å². The van der Waals surface area contributed by atoms with E-state index in [1.807, 2.05) is 42.5 Å². The van der Waals surface area contributed by atoms with Gasteiger partial charge in [-0.15, -0.1) is 11.8 Å². The van der Waals surface area contributed by atoms with Crippen LogP contribution in [-0.2, 0) is 0 Å². The molecule has 0 saturated carbocycles. The third-order valence-corrected chi connectivity index (χ3v) is 4.04. The summed E-state index contributed by atoms with van der Waals surface area (Å²) >= 11 is 1.71. The molecule has 2 aromatic carbocycles. The summed E-state index contributed by atoms with van der Waals surface area (Å²) in [5, 5.41) is 1.15. The first-order valence-electron chi connectivity index (χ1n) is 5.56. The van der Waals surface area contributed by atoms with Crippen molar-refractivity contribution < 1.29 is 4.79 Å². The molecule has 2 heteroatoms. The molecule has 0 N–H and O–H groups in total. The second-order valence-electron chi connectivity index (χ2n) is 3.99. The van der Waals surface area contributed by atoms with Crippen LogP contribution in [0.2, 0.25) is 0 Å². The van der Waals surface area contributed by atoms with Gasteiger partial charge < -0.3 is 0 Å². The summed E-state index contributed by atoms with van der Waals surface area (Å²) in [4.78, 5) is 13.1. The first-order chi connectivity index (χ1) is 8.34. The Hall–Kier alpha value is -1.54. The number of hydrogen-bond donors (Lipinski definition) is 0. The second kappa shape index (κ2) is 4.38. The van der Waals surface area contributed by atoms with Crippen molar-refractivity contribution in [2.24, 2.45) is 0 Å². The van der Waals surface area contributed by atoms with E-state index < -0.39 is 0 Å². The fourth-order valence-corrected chi connectivity index (χ4v) is 3.14. The van der Waals surface area contributed by atoms with Crippen LogP contribution in [0, 0.1) is 5.25 Å². The van der Waals surface area contributed by atoms with Crippen molar-refractivity contribution in [3.8, 4) is 0 Å². The third kappa shape index (κ3) is 2.01. The zero-order valence-electron chi connectivity index (χ0n) is 9.22. The number of rotatable bonds is 1. The Morgan fingerprint density at radius 1 is 0.882 bits per heavy atom. The monoisotopic (exact) mass is 239 g/mol. The van der Waals surface area contributed by atoms with Crippen LogP contribution in [0.1, 0.15) is 22.3 Å². The SMILES string of the molecule is O=C1C[C](c2ccccc2)Sc2ccccc21. The lowest BCUT2D eigenvalue weighted by Gasteiger charge is -2.22. The maximum atomic E-state index is 12.0. The quantitative estimate of drug-likeness (QED) is 0.749. The lowest BCUT2D eigenvalue weighted by Crippen LogP contribution is -2.12. The van der Waals surface area contributed by atoms with E-state index in [-0.39, 0.29) is 5.78 Å². The Balaban J connectivity index is 1.97. The highest BCUT2D eigenvalue weighted by atomic mass is 32.2. The van der Waals surface area contributed by atoms with Crippen molar-refractivity contribution in [1.82, 2.24) is 0 Å². The fraction of sp³-hybridized carbons (Fsp3) is 0.0667. The number of thioether (sulfide) groups is 1. The minimum atomic E-state index is 0.221. The number of benzene rings is 2. The van der Waals surface area contributed by atoms with Gasteiger partial charge >= 0.3 is 0 Å². The van der Waals surface area contributed by atoms with Gasteiger partial charge in [0.1, 0.15) is 0 Å². The molecule has 1 heterocycles. The topological polar surface area (TPSA) is 17.1 Å². The van der Waals surface area contributed by atoms with Crippen molar-refractivity contribution >= 4 is 17.5 Å². The lowest BCUT2D eigenvalue weighted by molar-refractivity contribution is 0.0986. The molecule has 17 heavy (non-hydrogen) atoms. The zero-order chi connectivity index (χ0) is 11.7. The smallest absolute Gasteiger partial charge is 0.165 e. The predicted molar refractivity (Wildman–Crippen MR) is 70.0 cm³/mol. The van der Waals surface area contributed by atoms with Gasteiger partial charge in [0.25, 0.3) is 0 Å². The maximum absolute atomic E-state index is 12.0. The number of carbonyl (C=O) groups excluding carboxylic acids is 1. The summed E-state index contributed by atoms with van der Waals surface area (Å²) in [6, 6.07) is 18.0. The highest BCUT2D eigenvalue weighted by molar-refractivity contribution is 8.02. The molecule has 2 aromatic rings. The van der Waals surface area contributed by atoms with Gasteiger partial charge in [-0.2, -0.15) is 0 Å². The van der Waals surface area contributed by atoms with Crippen LogP contribution >= 0.6 is 11.8 Å². The molecule has 0 aromatic heterocycles. The molecule has 1 aliphatic rings. The van der Waals surface area contributed by atoms with Crippen molar-refractivity contribution in [3.63, 3.8) is 0 Å². The van der Waals surface area contributed by atoms with Crippen molar-refractivity contribution in [1.29, 1.82) is 0 Å². The van der Waals surface area contributed by atoms with E-state index in [0.717, 1.165) is 21.3 Å². The van der Waals surface area contributed by atoms with Crippen molar-refractivity contribution in [2.45, 2.75) is 11.3 Å². The Kier molecular flexibility index (Phi) is 2.73. The summed E-state index contributed by atoms with van der Waals surface area (Å²) < 4.78 is 0. The summed E-state index contributed by atoms with van der Waals surface area (Å²) in [7, 11) is 0. The minimum Gasteiger partial charge on any atom is -0.294 e. The average molecular weight is 239 g/mol. The molecule has 1 radical (unpaired) electrons. The van der Waals surface area contributed by atoms with Gasteiger partial charge in [-0.3, -0.25) is 4.79 Å². The summed E-state index contributed by atoms with van der Waals surface area (Å²) in [5.41, 5.74) is 2.01. The first kappa shape index (κ1) is 10.6. The normalized spacial score (nSPS) is 15.6. The molecular formula is C15H11OS. The van der Waals surface area contributed by atoms with E-state index in [1.54, 1.807) is 11.8 Å². The van der Waals surface area contributed by atoms with Crippen LogP contribution in [-0.4, -0.2) is 5.78 Å². The van der Waals surface area contributed by atoms with E-state index >= 15 is 0 Å². The van der Waals surface area contributed by atoms with Crippen LogP contribution in [0.15, 0.2) is 59.5 Å². The number of hydrogen-bond acceptors (Lipinski definition) is 2. The minimum absolute atomic E-state index is 0.221. The Bertz CT molecular complexity index is 548. The molecule has 0 aliphatic carbocycles. The Labute approximate surface area is 105 Å². The zero-order valence-corrected chi connectivity index (χ0v) is 10.0. The van der Waals surface area contributed by atoms with Gasteiger partial charge in [0.2, 0.25) is 0 Å². The van der Waals surface area contributed by atoms with E-state index in [0.29, 0.717) is 6.42 Å². The number of Topliss-reactive ketones (excluding diaryl/α,β-unsaturated/α-hetero) is 1. The van der Waals surface area contributed by atoms with E-state index in [9.17, 15) is 4.79 Å². The summed E-state index contributed by atoms with van der Waals surface area (Å²) in [6.45, 7) is 0. The lowest BCUT2D eigenvalue weighted by atomic mass is 10.0. The Morgan fingerprint density at radius 2 is 1.59 bits per heavy atom. The predicted octanol–water partition coefficient (Wildman–Crippen LogP) is 3.95. The molecule has 83 valence electrons. The molecule has 0 fully saturated rings. The number of ketones is 1. The molecular weight excluding hydrogens is 228 g/mol. The van der Waals surface area contributed by atoms with Gasteiger partial charge in [0.05, 0.1) is 5.25 Å². The average Bonchev–Trinajstić information content (AvgIpc) is 2.40. The van der Waals surface area contributed by atoms with Crippen LogP contribution < -0.4 is 0 Å². The summed E-state index contributed by atoms with van der Waals surface area (Å²) in [5.74, 6) is 0.221. The molecule has 0 atom stereocenters. The van der Waals surface area contributed by atoms with Gasteiger partial charge in [-0.25, -0.2) is 0 Å². The molecule has 1 nitrogen and oxygen atoms in total. The molecule has 0 saturated heterocycles. The van der Waals surface area contributed by atoms with Gasteiger partial charge in [0.15, 0.2) is 5.78 Å². The van der Waals surface area contributed by atoms with Gasteiger partial charge in [0, 0.05) is 16.9 Å². The van der Waals surface area contributed by atoms with E-state index in [1.165, 1.54) is 0 Å². The molecule has 0 spiro atoms. The standard InChI is InChI=1S/C15H11OS/c16-13-10-15(11-6-2-1-3-7-11)17-14-9-5-4-8-12(13)14/h1-9H,10H2. The Morgan fingerprint density at radius 3 is 2.41 bits per heavy atom. The second-order valence-corrected chi connectivity index (χ2v) is 5.12. The molecule has 3 rings (SSSR count). The van der Waals surface area contributed by atoms with Crippen LogP contribution in [0.3, 0.4) is 0 Å². The summed E-state index contributed by atoms with van der Waals surface area (Å²) in [6.07, 6.45) is 0.520. The number of carbonyl (C=O) groups is 1. The molecule has 1 aliphatic heterocycles. The highest BCUT2D eigenvalue weighted by Gasteiger charge is 2.26. The fourth-order valence-electron chi connectivity index (χ4n) is 1.98. The highest BCUT2D eigenvalue weighted by Crippen LogP contribution is 2.43. The largest absolute Gasteiger partial charge is 0.294 e. The molecule has 0 amide bonds. The number of fused-ring (bicyclic) bond motifs is 1. The molecule has 0 bridgehead atoms. The maximum Gasteiger partial charge on any atom is 0.165 e. The van der Waals surface area contributed by atoms with Crippen LogP contribution in [0.5, 0.6) is 0 Å². The van der Waals surface area contributed by atoms with Crippen molar-refractivity contribution in [3.05, 3.63) is 71.0 Å².